The molecule has 0 atom stereocenters. The van der Waals surface area contributed by atoms with Gasteiger partial charge in [-0.05, 0) is 46.0 Å². The predicted octanol–water partition coefficient (Wildman–Crippen LogP) is 4.76. The highest BCUT2D eigenvalue weighted by atomic mass is 16.5. The summed E-state index contributed by atoms with van der Waals surface area (Å²) in [6, 6.07) is 23.8. The van der Waals surface area contributed by atoms with Gasteiger partial charge in [0.2, 0.25) is 0 Å². The maximum Gasteiger partial charge on any atom is 0.407 e. The van der Waals surface area contributed by atoms with Crippen LogP contribution in [0.5, 0.6) is 0 Å². The molecular formula is C28H23NO4. The third-order valence-corrected chi connectivity index (χ3v) is 5.42. The Morgan fingerprint density at radius 2 is 1.58 bits per heavy atom. The van der Waals surface area contributed by atoms with Gasteiger partial charge in [-0.2, -0.15) is 0 Å². The number of esters is 1. The van der Waals surface area contributed by atoms with Crippen LogP contribution in [0.25, 0.3) is 17.2 Å². The summed E-state index contributed by atoms with van der Waals surface area (Å²) >= 11 is 0. The van der Waals surface area contributed by atoms with Crippen LogP contribution in [0.3, 0.4) is 0 Å². The average molecular weight is 437 g/mol. The summed E-state index contributed by atoms with van der Waals surface area (Å²) in [4.78, 5) is 23.3. The molecule has 5 heteroatoms. The van der Waals surface area contributed by atoms with Crippen LogP contribution in [0.15, 0.2) is 78.9 Å². The van der Waals surface area contributed by atoms with Gasteiger partial charge in [-0.3, -0.25) is 0 Å². The highest BCUT2D eigenvalue weighted by Gasteiger charge is 2.28. The van der Waals surface area contributed by atoms with E-state index in [1.165, 1.54) is 35.4 Å². The van der Waals surface area contributed by atoms with Crippen LogP contribution < -0.4 is 5.32 Å². The van der Waals surface area contributed by atoms with Crippen molar-refractivity contribution in [3.8, 4) is 23.0 Å². The molecule has 164 valence electrons. The molecule has 33 heavy (non-hydrogen) atoms. The van der Waals surface area contributed by atoms with E-state index in [9.17, 15) is 9.59 Å². The summed E-state index contributed by atoms with van der Waals surface area (Å²) in [5.41, 5.74) is 6.41. The van der Waals surface area contributed by atoms with Crippen molar-refractivity contribution in [2.24, 2.45) is 0 Å². The van der Waals surface area contributed by atoms with Crippen molar-refractivity contribution >= 4 is 18.1 Å². The molecule has 1 aliphatic rings. The molecule has 0 heterocycles. The zero-order chi connectivity index (χ0) is 23.0. The lowest BCUT2D eigenvalue weighted by molar-refractivity contribution is -0.134. The molecule has 4 rings (SSSR count). The van der Waals surface area contributed by atoms with Gasteiger partial charge in [-0.25, -0.2) is 9.59 Å². The average Bonchev–Trinajstić information content (AvgIpc) is 3.18. The van der Waals surface area contributed by atoms with Crippen LogP contribution in [-0.2, 0) is 14.3 Å². The highest BCUT2D eigenvalue weighted by Crippen LogP contribution is 2.44. The molecule has 1 aliphatic carbocycles. The van der Waals surface area contributed by atoms with Crippen molar-refractivity contribution in [3.63, 3.8) is 0 Å². The van der Waals surface area contributed by atoms with E-state index in [1.54, 1.807) is 6.08 Å². The van der Waals surface area contributed by atoms with Crippen LogP contribution in [0, 0.1) is 11.8 Å². The number of carbonyl (C=O) groups is 2. The topological polar surface area (TPSA) is 64.6 Å². The molecular weight excluding hydrogens is 414 g/mol. The SMILES string of the molecule is COC(=O)/C=C/c1ccc(C#CCNC(=O)OCC2c3ccccc3-c3ccccc32)cc1. The largest absolute Gasteiger partial charge is 0.466 e. The van der Waals surface area contributed by atoms with Gasteiger partial charge < -0.3 is 14.8 Å². The lowest BCUT2D eigenvalue weighted by atomic mass is 9.98. The zero-order valence-electron chi connectivity index (χ0n) is 18.2. The molecule has 0 saturated carbocycles. The van der Waals surface area contributed by atoms with E-state index in [1.807, 2.05) is 48.5 Å². The van der Waals surface area contributed by atoms with E-state index < -0.39 is 12.1 Å². The monoisotopic (exact) mass is 437 g/mol. The van der Waals surface area contributed by atoms with E-state index in [4.69, 9.17) is 4.74 Å². The number of nitrogens with one attached hydrogen (secondary N) is 1. The lowest BCUT2D eigenvalue weighted by Crippen LogP contribution is -2.26. The van der Waals surface area contributed by atoms with E-state index >= 15 is 0 Å². The molecule has 1 amide bonds. The number of fused-ring (bicyclic) bond motifs is 3. The Morgan fingerprint density at radius 3 is 2.21 bits per heavy atom. The summed E-state index contributed by atoms with van der Waals surface area (Å²) < 4.78 is 10.1. The minimum absolute atomic E-state index is 0.0287. The first kappa shape index (κ1) is 21.9. The predicted molar refractivity (Wildman–Crippen MR) is 127 cm³/mol. The van der Waals surface area contributed by atoms with Gasteiger partial charge in [0.25, 0.3) is 0 Å². The number of hydrogen-bond donors (Lipinski definition) is 1. The third-order valence-electron chi connectivity index (χ3n) is 5.42. The smallest absolute Gasteiger partial charge is 0.407 e. The lowest BCUT2D eigenvalue weighted by Gasteiger charge is -2.14. The van der Waals surface area contributed by atoms with E-state index in [-0.39, 0.29) is 19.1 Å². The summed E-state index contributed by atoms with van der Waals surface area (Å²) in [5, 5.41) is 2.68. The second kappa shape index (κ2) is 10.3. The summed E-state index contributed by atoms with van der Waals surface area (Å²) in [6.45, 7) is 0.453. The number of hydrogen-bond acceptors (Lipinski definition) is 4. The first-order chi connectivity index (χ1) is 16.2. The zero-order valence-corrected chi connectivity index (χ0v) is 18.2. The van der Waals surface area contributed by atoms with Crippen LogP contribution >= 0.6 is 0 Å². The Kier molecular flexibility index (Phi) is 6.87. The van der Waals surface area contributed by atoms with E-state index in [2.05, 4.69) is 46.2 Å². The Hall–Kier alpha value is -4.30. The Morgan fingerprint density at radius 1 is 0.939 bits per heavy atom. The number of carbonyl (C=O) groups excluding carboxylic acids is 2. The third kappa shape index (κ3) is 5.31. The fourth-order valence-electron chi connectivity index (χ4n) is 3.82. The second-order valence-corrected chi connectivity index (χ2v) is 7.46. The molecule has 3 aromatic carbocycles. The molecule has 0 aliphatic heterocycles. The Labute approximate surface area is 193 Å². The van der Waals surface area contributed by atoms with Gasteiger partial charge in [0.15, 0.2) is 0 Å². The molecule has 5 nitrogen and oxygen atoms in total. The van der Waals surface area contributed by atoms with Crippen molar-refractivity contribution in [1.29, 1.82) is 0 Å². The number of methoxy groups -OCH3 is 1. The number of amides is 1. The van der Waals surface area contributed by atoms with Crippen LogP contribution in [0.1, 0.15) is 28.2 Å². The Balaban J connectivity index is 1.28. The standard InChI is InChI=1S/C28H23NO4/c1-32-27(30)17-16-21-14-12-20(13-15-21)7-6-18-29-28(31)33-19-26-24-10-4-2-8-22(24)23-9-3-5-11-25(23)26/h2-5,8-17,26H,18-19H2,1H3,(H,29,31)/b17-16+. The summed E-state index contributed by atoms with van der Waals surface area (Å²) in [5.74, 6) is 5.53. The molecule has 0 unspecified atom stereocenters. The maximum atomic E-state index is 12.2. The molecule has 0 radical (unpaired) electrons. The highest BCUT2D eigenvalue weighted by molar-refractivity contribution is 5.86. The molecule has 3 aromatic rings. The van der Waals surface area contributed by atoms with Gasteiger partial charge in [-0.1, -0.05) is 72.5 Å². The van der Waals surface area contributed by atoms with Crippen molar-refractivity contribution in [1.82, 2.24) is 5.32 Å². The second-order valence-electron chi connectivity index (χ2n) is 7.46. The van der Waals surface area contributed by atoms with Gasteiger partial charge in [0.05, 0.1) is 13.7 Å². The normalized spacial score (nSPS) is 11.8. The van der Waals surface area contributed by atoms with Gasteiger partial charge in [0.1, 0.15) is 6.61 Å². The number of ether oxygens (including phenoxy) is 2. The van der Waals surface area contributed by atoms with Crippen LogP contribution in [-0.4, -0.2) is 32.3 Å². The number of alkyl carbamates (subject to hydrolysis) is 1. The Bertz CT molecular complexity index is 1200. The van der Waals surface area contributed by atoms with Crippen molar-refractivity contribution < 1.29 is 19.1 Å². The minimum atomic E-state index is -0.491. The maximum absolute atomic E-state index is 12.2. The number of benzene rings is 3. The van der Waals surface area contributed by atoms with Crippen molar-refractivity contribution in [2.75, 3.05) is 20.3 Å². The first-order valence-electron chi connectivity index (χ1n) is 10.6. The molecule has 0 spiro atoms. The van der Waals surface area contributed by atoms with Crippen molar-refractivity contribution in [2.45, 2.75) is 5.92 Å². The molecule has 0 fully saturated rings. The fraction of sp³-hybridized carbons (Fsp3) is 0.143. The molecule has 0 saturated heterocycles. The van der Waals surface area contributed by atoms with E-state index in [0.717, 1.165) is 11.1 Å². The van der Waals surface area contributed by atoms with Crippen LogP contribution in [0.4, 0.5) is 4.79 Å². The molecule has 1 N–H and O–H groups in total. The van der Waals surface area contributed by atoms with Crippen molar-refractivity contribution in [3.05, 3.63) is 101 Å². The van der Waals surface area contributed by atoms with Gasteiger partial charge in [0, 0.05) is 17.6 Å². The summed E-state index contributed by atoms with van der Waals surface area (Å²) in [6.07, 6.45) is 2.54. The van der Waals surface area contributed by atoms with E-state index in [0.29, 0.717) is 0 Å². The van der Waals surface area contributed by atoms with Gasteiger partial charge >= 0.3 is 12.1 Å². The first-order valence-corrected chi connectivity index (χ1v) is 10.6. The van der Waals surface area contributed by atoms with Crippen LogP contribution in [0.2, 0.25) is 0 Å². The quantitative estimate of drug-likeness (QED) is 0.355. The fourth-order valence-corrected chi connectivity index (χ4v) is 3.82. The minimum Gasteiger partial charge on any atom is -0.466 e. The van der Waals surface area contributed by atoms with Gasteiger partial charge in [-0.15, -0.1) is 0 Å². The number of rotatable bonds is 5. The summed E-state index contributed by atoms with van der Waals surface area (Å²) in [7, 11) is 1.34. The molecule has 0 aromatic heterocycles. The molecule has 0 bridgehead atoms.